The summed E-state index contributed by atoms with van der Waals surface area (Å²) in [6.45, 7) is 4.13. The lowest BCUT2D eigenvalue weighted by Gasteiger charge is -2.15. The van der Waals surface area contributed by atoms with E-state index in [-0.39, 0.29) is 18.9 Å². The predicted molar refractivity (Wildman–Crippen MR) is 123 cm³/mol. The number of methoxy groups -OCH3 is 1. The third-order valence-corrected chi connectivity index (χ3v) is 6.08. The van der Waals surface area contributed by atoms with E-state index in [9.17, 15) is 14.7 Å². The third-order valence-electron chi connectivity index (χ3n) is 4.87. The Kier molecular flexibility index (Phi) is 7.97. The Morgan fingerprint density at radius 2 is 1.94 bits per heavy atom. The first-order chi connectivity index (χ1) is 15.4. The third kappa shape index (κ3) is 5.72. The number of aryl methyl sites for hydroxylation is 1. The Morgan fingerprint density at radius 1 is 1.19 bits per heavy atom. The molecule has 0 aliphatic rings. The summed E-state index contributed by atoms with van der Waals surface area (Å²) < 4.78 is 10.7. The van der Waals surface area contributed by atoms with Crippen molar-refractivity contribution in [2.45, 2.75) is 32.9 Å². The molecule has 1 unspecified atom stereocenters. The lowest BCUT2D eigenvalue weighted by atomic mass is 10.0. The van der Waals surface area contributed by atoms with Crippen molar-refractivity contribution in [2.75, 3.05) is 13.7 Å². The molecular formula is C24H26N2O5S. The van der Waals surface area contributed by atoms with E-state index in [1.54, 1.807) is 26.2 Å². The van der Waals surface area contributed by atoms with Gasteiger partial charge in [0, 0.05) is 30.7 Å². The van der Waals surface area contributed by atoms with Crippen LogP contribution >= 0.6 is 11.3 Å². The number of hydrogen-bond acceptors (Lipinski definition) is 6. The Bertz CT molecular complexity index is 1080. The highest BCUT2D eigenvalue weighted by atomic mass is 32.1. The van der Waals surface area contributed by atoms with Gasteiger partial charge >= 0.3 is 5.97 Å². The van der Waals surface area contributed by atoms with Crippen LogP contribution in [0.5, 0.6) is 5.75 Å². The van der Waals surface area contributed by atoms with Crippen molar-refractivity contribution < 1.29 is 24.2 Å². The van der Waals surface area contributed by atoms with Gasteiger partial charge in [-0.1, -0.05) is 42.5 Å². The van der Waals surface area contributed by atoms with Crippen LogP contribution in [0, 0.1) is 6.92 Å². The zero-order valence-corrected chi connectivity index (χ0v) is 19.1. The Balaban J connectivity index is 1.74. The van der Waals surface area contributed by atoms with E-state index in [1.165, 1.54) is 11.3 Å². The molecule has 1 amide bonds. The largest absolute Gasteiger partial charge is 0.496 e. The Morgan fingerprint density at radius 3 is 2.59 bits per heavy atom. The summed E-state index contributed by atoms with van der Waals surface area (Å²) >= 11 is 1.35. The van der Waals surface area contributed by atoms with E-state index in [0.717, 1.165) is 21.7 Å². The molecule has 0 saturated carbocycles. The summed E-state index contributed by atoms with van der Waals surface area (Å²) in [5.74, 6) is -0.608. The molecule has 0 aliphatic carbocycles. The first-order valence-electron chi connectivity index (χ1n) is 10.2. The molecule has 8 heteroatoms. The van der Waals surface area contributed by atoms with Gasteiger partial charge in [0.1, 0.15) is 15.6 Å². The number of thiazole rings is 1. The summed E-state index contributed by atoms with van der Waals surface area (Å²) in [6, 6.07) is 15.1. The molecule has 7 nitrogen and oxygen atoms in total. The fourth-order valence-electron chi connectivity index (χ4n) is 3.30. The quantitative estimate of drug-likeness (QED) is 0.479. The SMILES string of the molecule is CCOC(Cc1ccc(OC)c(CNC(=O)c2sc(-c3ccccc3)nc2C)c1)C(=O)O. The van der Waals surface area contributed by atoms with Crippen LogP contribution in [0.15, 0.2) is 48.5 Å². The summed E-state index contributed by atoms with van der Waals surface area (Å²) in [5, 5.41) is 13.1. The maximum absolute atomic E-state index is 12.8. The first kappa shape index (κ1) is 23.4. The number of nitrogens with zero attached hydrogens (tertiary/aromatic N) is 1. The fraction of sp³-hybridized carbons (Fsp3) is 0.292. The summed E-state index contributed by atoms with van der Waals surface area (Å²) in [4.78, 5) is 29.3. The van der Waals surface area contributed by atoms with Gasteiger partial charge in [0.25, 0.3) is 5.91 Å². The first-order valence-corrected chi connectivity index (χ1v) is 11.1. The molecule has 3 aromatic rings. The van der Waals surface area contributed by atoms with Crippen LogP contribution in [0.2, 0.25) is 0 Å². The van der Waals surface area contributed by atoms with Gasteiger partial charge in [-0.05, 0) is 25.5 Å². The van der Waals surface area contributed by atoms with Crippen LogP contribution in [-0.2, 0) is 22.5 Å². The van der Waals surface area contributed by atoms with Crippen LogP contribution < -0.4 is 10.1 Å². The average Bonchev–Trinajstić information content (AvgIpc) is 3.19. The number of ether oxygens (including phenoxy) is 2. The number of hydrogen-bond donors (Lipinski definition) is 2. The van der Waals surface area contributed by atoms with Crippen LogP contribution in [0.1, 0.15) is 33.4 Å². The van der Waals surface area contributed by atoms with E-state index in [1.807, 2.05) is 43.3 Å². The monoisotopic (exact) mass is 454 g/mol. The number of aliphatic carboxylic acids is 1. The number of benzene rings is 2. The van der Waals surface area contributed by atoms with Gasteiger partial charge in [-0.3, -0.25) is 4.79 Å². The molecule has 168 valence electrons. The smallest absolute Gasteiger partial charge is 0.333 e. The van der Waals surface area contributed by atoms with Crippen molar-refractivity contribution in [3.05, 3.63) is 70.2 Å². The maximum atomic E-state index is 12.8. The predicted octanol–water partition coefficient (Wildman–Crippen LogP) is 4.09. The molecule has 3 rings (SSSR count). The van der Waals surface area contributed by atoms with Gasteiger partial charge < -0.3 is 19.9 Å². The standard InChI is InChI=1S/C24H26N2O5S/c1-4-31-20(24(28)29)13-16-10-11-19(30-3)18(12-16)14-25-22(27)21-15(2)26-23(32-21)17-8-6-5-7-9-17/h5-12,20H,4,13-14H2,1-3H3,(H,25,27)(H,28,29). The minimum atomic E-state index is -1.01. The molecule has 0 spiro atoms. The van der Waals surface area contributed by atoms with Crippen LogP contribution in [-0.4, -0.2) is 41.8 Å². The molecule has 0 radical (unpaired) electrons. The minimum absolute atomic E-state index is 0.215. The van der Waals surface area contributed by atoms with Crippen molar-refractivity contribution in [1.82, 2.24) is 10.3 Å². The second-order valence-electron chi connectivity index (χ2n) is 7.11. The molecule has 0 fully saturated rings. The summed E-state index contributed by atoms with van der Waals surface area (Å²) in [5.41, 5.74) is 3.19. The Hall–Kier alpha value is -3.23. The lowest BCUT2D eigenvalue weighted by Crippen LogP contribution is -2.26. The Labute approximate surface area is 191 Å². The highest BCUT2D eigenvalue weighted by Gasteiger charge is 2.20. The van der Waals surface area contributed by atoms with Crippen molar-refractivity contribution in [3.63, 3.8) is 0 Å². The molecule has 1 aromatic heterocycles. The topological polar surface area (TPSA) is 97.8 Å². The van der Waals surface area contributed by atoms with E-state index >= 15 is 0 Å². The number of carboxylic acids is 1. The van der Waals surface area contributed by atoms with E-state index < -0.39 is 12.1 Å². The highest BCUT2D eigenvalue weighted by molar-refractivity contribution is 7.17. The number of amides is 1. The number of rotatable bonds is 10. The van der Waals surface area contributed by atoms with Gasteiger partial charge in [0.2, 0.25) is 0 Å². The van der Waals surface area contributed by atoms with Crippen LogP contribution in [0.4, 0.5) is 0 Å². The van der Waals surface area contributed by atoms with Crippen LogP contribution in [0.3, 0.4) is 0 Å². The zero-order chi connectivity index (χ0) is 23.1. The van der Waals surface area contributed by atoms with Crippen molar-refractivity contribution in [3.8, 4) is 16.3 Å². The number of carboxylic acid groups (broad SMARTS) is 1. The van der Waals surface area contributed by atoms with Gasteiger partial charge in [0.05, 0.1) is 12.8 Å². The average molecular weight is 455 g/mol. The van der Waals surface area contributed by atoms with E-state index in [0.29, 0.717) is 22.9 Å². The van der Waals surface area contributed by atoms with E-state index in [4.69, 9.17) is 9.47 Å². The summed E-state index contributed by atoms with van der Waals surface area (Å²) in [7, 11) is 1.56. The molecule has 32 heavy (non-hydrogen) atoms. The molecule has 1 atom stereocenters. The molecule has 2 N–H and O–H groups in total. The van der Waals surface area contributed by atoms with Gasteiger partial charge in [-0.15, -0.1) is 11.3 Å². The van der Waals surface area contributed by atoms with Gasteiger partial charge in [-0.2, -0.15) is 0 Å². The fourth-order valence-corrected chi connectivity index (χ4v) is 4.28. The molecule has 0 saturated heterocycles. The number of carbonyl (C=O) groups excluding carboxylic acids is 1. The molecule has 2 aromatic carbocycles. The normalized spacial score (nSPS) is 11.7. The molecule has 0 bridgehead atoms. The second kappa shape index (κ2) is 10.9. The van der Waals surface area contributed by atoms with Crippen molar-refractivity contribution in [2.24, 2.45) is 0 Å². The number of aromatic nitrogens is 1. The second-order valence-corrected chi connectivity index (χ2v) is 8.11. The zero-order valence-electron chi connectivity index (χ0n) is 18.3. The molecular weight excluding hydrogens is 428 g/mol. The maximum Gasteiger partial charge on any atom is 0.333 e. The van der Waals surface area contributed by atoms with Crippen molar-refractivity contribution in [1.29, 1.82) is 0 Å². The van der Waals surface area contributed by atoms with E-state index in [2.05, 4.69) is 10.3 Å². The van der Waals surface area contributed by atoms with Gasteiger partial charge in [0.15, 0.2) is 6.10 Å². The lowest BCUT2D eigenvalue weighted by molar-refractivity contribution is -0.149. The van der Waals surface area contributed by atoms with Crippen LogP contribution in [0.25, 0.3) is 10.6 Å². The number of carbonyl (C=O) groups is 2. The van der Waals surface area contributed by atoms with Crippen molar-refractivity contribution >= 4 is 23.2 Å². The number of nitrogens with one attached hydrogen (secondary N) is 1. The van der Waals surface area contributed by atoms with Gasteiger partial charge in [-0.25, -0.2) is 9.78 Å². The minimum Gasteiger partial charge on any atom is -0.496 e. The summed E-state index contributed by atoms with van der Waals surface area (Å²) in [6.07, 6.45) is -0.699. The molecule has 1 heterocycles. The molecule has 0 aliphatic heterocycles. The highest BCUT2D eigenvalue weighted by Crippen LogP contribution is 2.28.